The van der Waals surface area contributed by atoms with Crippen LogP contribution in [-0.2, 0) is 28.6 Å². The predicted molar refractivity (Wildman–Crippen MR) is 233 cm³/mol. The summed E-state index contributed by atoms with van der Waals surface area (Å²) in [5.74, 6) is 0.374. The number of esters is 3. The average molecular weight is 793 g/mol. The zero-order valence-corrected chi connectivity index (χ0v) is 35.1. The third kappa shape index (κ3) is 8.17. The molecule has 0 heterocycles. The van der Waals surface area contributed by atoms with E-state index in [4.69, 9.17) is 14.2 Å². The van der Waals surface area contributed by atoms with Gasteiger partial charge in [0, 0.05) is 35.5 Å². The van der Waals surface area contributed by atoms with Crippen LogP contribution in [0, 0.1) is 51.8 Å². The van der Waals surface area contributed by atoms with E-state index in [2.05, 4.69) is 33.8 Å². The van der Waals surface area contributed by atoms with Crippen LogP contribution in [0.5, 0.6) is 0 Å². The van der Waals surface area contributed by atoms with Crippen LogP contribution in [0.15, 0.2) is 121 Å². The van der Waals surface area contributed by atoms with Gasteiger partial charge in [-0.2, -0.15) is 0 Å². The van der Waals surface area contributed by atoms with Gasteiger partial charge in [0.05, 0.1) is 6.61 Å². The van der Waals surface area contributed by atoms with Gasteiger partial charge in [-0.25, -0.2) is 14.4 Å². The maximum atomic E-state index is 13.7. The summed E-state index contributed by atoms with van der Waals surface area (Å²) in [4.78, 5) is 40.5. The Kier molecular flexibility index (Phi) is 11.7. The summed E-state index contributed by atoms with van der Waals surface area (Å²) in [5, 5.41) is 0. The van der Waals surface area contributed by atoms with Crippen molar-refractivity contribution in [3.8, 4) is 0 Å². The smallest absolute Gasteiger partial charge is 0.331 e. The Morgan fingerprint density at radius 1 is 0.661 bits per heavy atom. The molecule has 0 radical (unpaired) electrons. The summed E-state index contributed by atoms with van der Waals surface area (Å²) >= 11 is 0. The van der Waals surface area contributed by atoms with E-state index in [1.165, 1.54) is 5.57 Å². The van der Waals surface area contributed by atoms with Gasteiger partial charge < -0.3 is 14.2 Å². The molecule has 9 rings (SSSR count). The van der Waals surface area contributed by atoms with Crippen LogP contribution in [0.2, 0.25) is 0 Å². The highest BCUT2D eigenvalue weighted by molar-refractivity contribution is 5.88. The lowest BCUT2D eigenvalue weighted by Gasteiger charge is -2.72. The second-order valence-electron chi connectivity index (χ2n) is 18.9. The molecule has 6 heteroatoms. The molecule has 0 N–H and O–H groups in total. The second-order valence-corrected chi connectivity index (χ2v) is 18.9. The van der Waals surface area contributed by atoms with Gasteiger partial charge in [0.25, 0.3) is 0 Å². The van der Waals surface area contributed by atoms with Gasteiger partial charge in [-0.15, -0.1) is 0 Å². The minimum atomic E-state index is -0.324. The van der Waals surface area contributed by atoms with Crippen molar-refractivity contribution < 1.29 is 28.6 Å². The maximum absolute atomic E-state index is 13.7. The minimum absolute atomic E-state index is 0.0103. The van der Waals surface area contributed by atoms with E-state index in [0.717, 1.165) is 55.2 Å². The highest BCUT2D eigenvalue weighted by Crippen LogP contribution is 2.75. The van der Waals surface area contributed by atoms with Crippen molar-refractivity contribution >= 4 is 36.1 Å². The third-order valence-corrected chi connectivity index (χ3v) is 15.2. The molecule has 2 bridgehead atoms. The van der Waals surface area contributed by atoms with Crippen molar-refractivity contribution in [2.45, 2.75) is 91.3 Å². The fraction of sp³-hybridized carbons (Fsp3) is 0.453. The number of fused-ring (bicyclic) bond motifs is 1. The number of rotatable bonds is 11. The number of allylic oxidation sites excluding steroid dienone is 2. The third-order valence-electron chi connectivity index (χ3n) is 15.2. The highest BCUT2D eigenvalue weighted by atomic mass is 16.6. The molecule has 6 nitrogen and oxygen atoms in total. The summed E-state index contributed by atoms with van der Waals surface area (Å²) in [6.07, 6.45) is 19.7. The summed E-state index contributed by atoms with van der Waals surface area (Å²) in [7, 11) is 0. The van der Waals surface area contributed by atoms with Crippen LogP contribution in [0.3, 0.4) is 0 Å². The second kappa shape index (κ2) is 17.0. The van der Waals surface area contributed by atoms with Crippen LogP contribution in [0.4, 0.5) is 0 Å². The molecule has 3 aromatic carbocycles. The largest absolute Gasteiger partial charge is 0.462 e. The Morgan fingerprint density at radius 3 is 1.75 bits per heavy atom. The molecule has 59 heavy (non-hydrogen) atoms. The van der Waals surface area contributed by atoms with E-state index in [0.29, 0.717) is 37.2 Å². The monoisotopic (exact) mass is 792 g/mol. The van der Waals surface area contributed by atoms with Crippen LogP contribution in [0.25, 0.3) is 18.2 Å². The Bertz CT molecular complexity index is 2100. The highest BCUT2D eigenvalue weighted by Gasteiger charge is 2.71. The number of hydrogen-bond acceptors (Lipinski definition) is 6. The zero-order chi connectivity index (χ0) is 41.2. The Balaban J connectivity index is 1.10. The molecule has 308 valence electrons. The molecule has 0 unspecified atom stereocenters. The van der Waals surface area contributed by atoms with Gasteiger partial charge in [-0.1, -0.05) is 137 Å². The average Bonchev–Trinajstić information content (AvgIpc) is 3.25. The Hall–Kier alpha value is -4.97. The fourth-order valence-electron chi connectivity index (χ4n) is 12.9. The quantitative estimate of drug-likeness (QED) is 0.0833. The Labute approximate surface area is 350 Å². The zero-order valence-electron chi connectivity index (χ0n) is 35.1. The number of carbonyl (C=O) groups is 3. The van der Waals surface area contributed by atoms with Crippen molar-refractivity contribution in [3.63, 3.8) is 0 Å². The molecule has 10 atom stereocenters. The number of carbonyl (C=O) groups excluding carboxylic acids is 3. The first-order valence-electron chi connectivity index (χ1n) is 22.0. The minimum Gasteiger partial charge on any atom is -0.462 e. The van der Waals surface area contributed by atoms with Crippen LogP contribution in [0.1, 0.15) is 95.8 Å². The first kappa shape index (κ1) is 40.8. The van der Waals surface area contributed by atoms with E-state index >= 15 is 0 Å². The summed E-state index contributed by atoms with van der Waals surface area (Å²) < 4.78 is 19.2. The van der Waals surface area contributed by atoms with Gasteiger partial charge in [-0.3, -0.25) is 0 Å². The molecule has 6 aliphatic carbocycles. The maximum Gasteiger partial charge on any atom is 0.331 e. The molecule has 0 saturated heterocycles. The molecular formula is C53H60O6. The van der Waals surface area contributed by atoms with E-state index in [1.54, 1.807) is 18.2 Å². The van der Waals surface area contributed by atoms with Gasteiger partial charge in [0.15, 0.2) is 0 Å². The molecular weight excluding hydrogens is 733 g/mol. The number of benzene rings is 3. The SMILES string of the molecule is CC(C)C1=C[C@@]23CC[C@H]4[C@](C)(COC(=O)/C=C/c5ccccc5)CCC[C@]4(C)[C@H]2C[C@@H]1[C@@H]1[C@H]3[C@@H](OC(=O)/C=C/c2ccccc2)CC[C@@H]1OC(=O)/C=C/c1ccccc1. The fourth-order valence-corrected chi connectivity index (χ4v) is 12.9. The Morgan fingerprint density at radius 2 is 1.19 bits per heavy atom. The topological polar surface area (TPSA) is 78.9 Å². The van der Waals surface area contributed by atoms with E-state index < -0.39 is 0 Å². The standard InChI is InChI=1S/C53H60O6/c1-36(2)41-34-53-32-29-44-51(3,35-57-46(54)26-21-37-15-8-5-9-16-37)30-14-31-52(44,4)45(53)33-40(41)49-42(58-47(55)27-22-38-17-10-6-11-18-38)24-25-43(50(49)53)59-48(56)28-23-39-19-12-7-13-20-39/h5-13,15-23,26-28,34,36,40,42-45,49-50H,14,24-25,29-33,35H2,1-4H3/b26-21+,27-22+,28-23+/t40-,42-,43-,44-,45+,49-,50+,51-,52-,53-/m0/s1. The molecule has 0 aromatic heterocycles. The summed E-state index contributed by atoms with van der Waals surface area (Å²) in [6.45, 7) is 9.88. The lowest BCUT2D eigenvalue weighted by molar-refractivity contribution is -0.236. The van der Waals surface area contributed by atoms with Crippen molar-refractivity contribution in [2.24, 2.45) is 51.8 Å². The van der Waals surface area contributed by atoms with Crippen molar-refractivity contribution in [1.82, 2.24) is 0 Å². The lowest BCUT2D eigenvalue weighted by Crippen LogP contribution is -2.68. The first-order valence-corrected chi connectivity index (χ1v) is 22.0. The lowest BCUT2D eigenvalue weighted by atomic mass is 9.33. The molecule has 6 aliphatic rings. The summed E-state index contributed by atoms with van der Waals surface area (Å²) in [5.41, 5.74) is 3.95. The van der Waals surface area contributed by atoms with Gasteiger partial charge in [-0.05, 0) is 114 Å². The summed E-state index contributed by atoms with van der Waals surface area (Å²) in [6, 6.07) is 29.5. The van der Waals surface area contributed by atoms with Gasteiger partial charge >= 0.3 is 17.9 Å². The number of hydrogen-bond donors (Lipinski definition) is 0. The molecule has 0 amide bonds. The van der Waals surface area contributed by atoms with Crippen LogP contribution < -0.4 is 0 Å². The first-order chi connectivity index (χ1) is 28.5. The van der Waals surface area contributed by atoms with Gasteiger partial charge in [0.1, 0.15) is 12.2 Å². The van der Waals surface area contributed by atoms with Crippen molar-refractivity contribution in [2.75, 3.05) is 6.61 Å². The van der Waals surface area contributed by atoms with Crippen molar-refractivity contribution in [1.29, 1.82) is 0 Å². The van der Waals surface area contributed by atoms with Crippen LogP contribution in [-0.4, -0.2) is 36.7 Å². The van der Waals surface area contributed by atoms with Crippen molar-refractivity contribution in [3.05, 3.63) is 138 Å². The molecule has 4 fully saturated rings. The molecule has 0 aliphatic heterocycles. The number of ether oxygens (including phenoxy) is 3. The molecule has 3 aromatic rings. The van der Waals surface area contributed by atoms with Crippen LogP contribution >= 0.6 is 0 Å². The normalized spacial score (nSPS) is 33.6. The predicted octanol–water partition coefficient (Wildman–Crippen LogP) is 11.3. The van der Waals surface area contributed by atoms with E-state index in [9.17, 15) is 14.4 Å². The molecule has 1 spiro atoms. The van der Waals surface area contributed by atoms with Gasteiger partial charge in [0.2, 0.25) is 0 Å². The van der Waals surface area contributed by atoms with E-state index in [-0.39, 0.29) is 64.1 Å². The van der Waals surface area contributed by atoms with E-state index in [1.807, 2.05) is 109 Å². The molecule has 4 saturated carbocycles.